The standard InChI is InChI=1S/C12H18O2.C7H6O/c1-3-4-5-6-10-7-8-11(13)9(2)12(10)14;8-6-7-4-2-1-3-5-7/h7-8,13-14H,3-6H2,1-2H3;1-6H. The summed E-state index contributed by atoms with van der Waals surface area (Å²) in [7, 11) is 0. The third-order valence-corrected chi connectivity index (χ3v) is 3.47. The van der Waals surface area contributed by atoms with Crippen LogP contribution in [0.5, 0.6) is 11.5 Å². The van der Waals surface area contributed by atoms with Crippen LogP contribution in [0.1, 0.15) is 47.7 Å². The Labute approximate surface area is 132 Å². The number of unbranched alkanes of at least 4 members (excludes halogenated alkanes) is 2. The monoisotopic (exact) mass is 300 g/mol. The molecule has 2 rings (SSSR count). The Morgan fingerprint density at radius 3 is 2.23 bits per heavy atom. The molecule has 0 unspecified atom stereocenters. The van der Waals surface area contributed by atoms with E-state index < -0.39 is 0 Å². The SMILES string of the molecule is CCCCCc1ccc(O)c(C)c1O.O=Cc1ccccc1. The number of aromatic hydroxyl groups is 2. The van der Waals surface area contributed by atoms with Crippen molar-refractivity contribution in [1.29, 1.82) is 0 Å². The van der Waals surface area contributed by atoms with E-state index in [0.717, 1.165) is 30.3 Å². The second-order valence-electron chi connectivity index (χ2n) is 5.20. The fraction of sp³-hybridized carbons (Fsp3) is 0.316. The molecular formula is C19H24O3. The van der Waals surface area contributed by atoms with E-state index in [9.17, 15) is 15.0 Å². The molecule has 118 valence electrons. The zero-order valence-electron chi connectivity index (χ0n) is 13.2. The summed E-state index contributed by atoms with van der Waals surface area (Å²) in [5, 5.41) is 19.1. The number of hydrogen-bond donors (Lipinski definition) is 2. The number of rotatable bonds is 5. The van der Waals surface area contributed by atoms with Crippen molar-refractivity contribution in [3.63, 3.8) is 0 Å². The van der Waals surface area contributed by atoms with E-state index in [1.165, 1.54) is 12.8 Å². The smallest absolute Gasteiger partial charge is 0.150 e. The third-order valence-electron chi connectivity index (χ3n) is 3.47. The molecule has 2 N–H and O–H groups in total. The minimum Gasteiger partial charge on any atom is -0.508 e. The molecule has 0 amide bonds. The number of carbonyl (C=O) groups excluding carboxylic acids is 1. The molecule has 0 aliphatic carbocycles. The van der Waals surface area contributed by atoms with E-state index >= 15 is 0 Å². The Kier molecular flexibility index (Phi) is 7.76. The van der Waals surface area contributed by atoms with Crippen molar-refractivity contribution in [2.45, 2.75) is 39.5 Å². The van der Waals surface area contributed by atoms with Gasteiger partial charge in [0.15, 0.2) is 0 Å². The molecule has 3 heteroatoms. The molecule has 0 bridgehead atoms. The first kappa shape index (κ1) is 17.8. The summed E-state index contributed by atoms with van der Waals surface area (Å²) in [6.07, 6.45) is 5.17. The molecule has 3 nitrogen and oxygen atoms in total. The van der Waals surface area contributed by atoms with E-state index in [2.05, 4.69) is 6.92 Å². The molecule has 0 aliphatic rings. The summed E-state index contributed by atoms with van der Waals surface area (Å²) >= 11 is 0. The van der Waals surface area contributed by atoms with Crippen molar-refractivity contribution < 1.29 is 15.0 Å². The van der Waals surface area contributed by atoms with E-state index in [1.807, 2.05) is 18.2 Å². The second kappa shape index (κ2) is 9.61. The van der Waals surface area contributed by atoms with E-state index in [4.69, 9.17) is 0 Å². The van der Waals surface area contributed by atoms with Gasteiger partial charge in [-0.3, -0.25) is 4.79 Å². The van der Waals surface area contributed by atoms with Gasteiger partial charge in [0.25, 0.3) is 0 Å². The number of phenolic OH excluding ortho intramolecular Hbond substituents is 2. The molecule has 0 aliphatic heterocycles. The Hall–Kier alpha value is -2.29. The van der Waals surface area contributed by atoms with Gasteiger partial charge < -0.3 is 10.2 Å². The first-order valence-corrected chi connectivity index (χ1v) is 7.60. The van der Waals surface area contributed by atoms with Gasteiger partial charge in [-0.15, -0.1) is 0 Å². The van der Waals surface area contributed by atoms with Crippen molar-refractivity contribution in [1.82, 2.24) is 0 Å². The zero-order chi connectivity index (χ0) is 16.4. The summed E-state index contributed by atoms with van der Waals surface area (Å²) < 4.78 is 0. The molecular weight excluding hydrogens is 276 g/mol. The molecule has 0 radical (unpaired) electrons. The van der Waals surface area contributed by atoms with Crippen molar-refractivity contribution in [3.8, 4) is 11.5 Å². The van der Waals surface area contributed by atoms with Crippen LogP contribution in [0.4, 0.5) is 0 Å². The number of aldehydes is 1. The molecule has 2 aromatic carbocycles. The largest absolute Gasteiger partial charge is 0.508 e. The van der Waals surface area contributed by atoms with Gasteiger partial charge in [0.2, 0.25) is 0 Å². The molecule has 0 spiro atoms. The highest BCUT2D eigenvalue weighted by Gasteiger charge is 2.07. The molecule has 2 aromatic rings. The average molecular weight is 300 g/mol. The van der Waals surface area contributed by atoms with Crippen LogP contribution in [0.25, 0.3) is 0 Å². The van der Waals surface area contributed by atoms with Gasteiger partial charge in [0, 0.05) is 11.1 Å². The van der Waals surface area contributed by atoms with Gasteiger partial charge in [0.05, 0.1) is 0 Å². The van der Waals surface area contributed by atoms with Crippen molar-refractivity contribution in [2.75, 3.05) is 0 Å². The first-order valence-electron chi connectivity index (χ1n) is 7.60. The highest BCUT2D eigenvalue weighted by molar-refractivity contribution is 5.74. The highest BCUT2D eigenvalue weighted by Crippen LogP contribution is 2.30. The topological polar surface area (TPSA) is 57.5 Å². The summed E-state index contributed by atoms with van der Waals surface area (Å²) in [6, 6.07) is 12.5. The van der Waals surface area contributed by atoms with Crippen molar-refractivity contribution >= 4 is 6.29 Å². The minimum absolute atomic E-state index is 0.168. The molecule has 0 heterocycles. The van der Waals surface area contributed by atoms with Gasteiger partial charge in [-0.2, -0.15) is 0 Å². The van der Waals surface area contributed by atoms with Crippen LogP contribution in [-0.4, -0.2) is 16.5 Å². The van der Waals surface area contributed by atoms with E-state index in [0.29, 0.717) is 5.56 Å². The Morgan fingerprint density at radius 1 is 1.00 bits per heavy atom. The molecule has 0 saturated carbocycles. The molecule has 0 atom stereocenters. The normalized spacial score (nSPS) is 9.73. The number of carbonyl (C=O) groups is 1. The van der Waals surface area contributed by atoms with E-state index in [-0.39, 0.29) is 11.5 Å². The number of benzene rings is 2. The van der Waals surface area contributed by atoms with Gasteiger partial charge in [-0.05, 0) is 31.4 Å². The first-order chi connectivity index (χ1) is 10.6. The van der Waals surface area contributed by atoms with Crippen LogP contribution in [0.3, 0.4) is 0 Å². The lowest BCUT2D eigenvalue weighted by Gasteiger charge is -2.08. The number of phenols is 2. The maximum atomic E-state index is 10.0. The Morgan fingerprint density at radius 2 is 1.68 bits per heavy atom. The predicted molar refractivity (Wildman–Crippen MR) is 89.6 cm³/mol. The van der Waals surface area contributed by atoms with Gasteiger partial charge in [-0.25, -0.2) is 0 Å². The summed E-state index contributed by atoms with van der Waals surface area (Å²) in [5.74, 6) is 0.419. The predicted octanol–water partition coefficient (Wildman–Crippen LogP) is 4.64. The zero-order valence-corrected chi connectivity index (χ0v) is 13.2. The fourth-order valence-electron chi connectivity index (χ4n) is 2.04. The highest BCUT2D eigenvalue weighted by atomic mass is 16.3. The van der Waals surface area contributed by atoms with Crippen LogP contribution in [-0.2, 0) is 6.42 Å². The summed E-state index contributed by atoms with van der Waals surface area (Å²) in [4.78, 5) is 10.0. The van der Waals surface area contributed by atoms with Crippen molar-refractivity contribution in [2.24, 2.45) is 0 Å². The lowest BCUT2D eigenvalue weighted by atomic mass is 10.0. The third kappa shape index (κ3) is 5.60. The number of aryl methyl sites for hydroxylation is 1. The second-order valence-corrected chi connectivity index (χ2v) is 5.20. The quantitative estimate of drug-likeness (QED) is 0.625. The molecule has 0 aromatic heterocycles. The molecule has 0 saturated heterocycles. The van der Waals surface area contributed by atoms with Crippen molar-refractivity contribution in [3.05, 3.63) is 59.2 Å². The Balaban J connectivity index is 0.000000255. The minimum atomic E-state index is 0.168. The average Bonchev–Trinajstić information content (AvgIpc) is 2.56. The lowest BCUT2D eigenvalue weighted by Crippen LogP contribution is -1.89. The summed E-state index contributed by atoms with van der Waals surface area (Å²) in [6.45, 7) is 3.88. The van der Waals surface area contributed by atoms with Gasteiger partial charge >= 0.3 is 0 Å². The molecule has 22 heavy (non-hydrogen) atoms. The van der Waals surface area contributed by atoms with Crippen LogP contribution in [0.15, 0.2) is 42.5 Å². The maximum absolute atomic E-state index is 10.0. The fourth-order valence-corrected chi connectivity index (χ4v) is 2.04. The maximum Gasteiger partial charge on any atom is 0.150 e. The van der Waals surface area contributed by atoms with E-state index in [1.54, 1.807) is 31.2 Å². The number of hydrogen-bond acceptors (Lipinski definition) is 3. The summed E-state index contributed by atoms with van der Waals surface area (Å²) in [5.41, 5.74) is 2.25. The van der Waals surface area contributed by atoms with Crippen LogP contribution < -0.4 is 0 Å². The molecule has 0 fully saturated rings. The van der Waals surface area contributed by atoms with Crippen LogP contribution in [0, 0.1) is 6.92 Å². The Bertz CT molecular complexity index is 577. The van der Waals surface area contributed by atoms with Crippen LogP contribution >= 0.6 is 0 Å². The lowest BCUT2D eigenvalue weighted by molar-refractivity contribution is 0.112. The van der Waals surface area contributed by atoms with Gasteiger partial charge in [0.1, 0.15) is 17.8 Å². The van der Waals surface area contributed by atoms with Gasteiger partial charge in [-0.1, -0.05) is 56.2 Å². The van der Waals surface area contributed by atoms with Crippen LogP contribution in [0.2, 0.25) is 0 Å².